The zero-order chi connectivity index (χ0) is 13.1. The Morgan fingerprint density at radius 2 is 1.83 bits per heavy atom. The van der Waals surface area contributed by atoms with Crippen LogP contribution < -0.4 is 16.4 Å². The van der Waals surface area contributed by atoms with Crippen LogP contribution in [0.25, 0.3) is 11.0 Å². The zero-order valence-electron chi connectivity index (χ0n) is 10.5. The maximum atomic E-state index is 11.2. The number of nitrogens with one attached hydrogen (secondary N) is 3. The van der Waals surface area contributed by atoms with Crippen LogP contribution >= 0.6 is 0 Å². The van der Waals surface area contributed by atoms with Gasteiger partial charge in [0.05, 0.1) is 11.0 Å². The molecule has 18 heavy (non-hydrogen) atoms. The predicted octanol–water partition coefficient (Wildman–Crippen LogP) is 1.67. The van der Waals surface area contributed by atoms with Crippen molar-refractivity contribution in [3.63, 3.8) is 0 Å². The van der Waals surface area contributed by atoms with Crippen LogP contribution in [0.15, 0.2) is 27.8 Å². The molecule has 2 aromatic rings. The molecule has 1 aromatic heterocycles. The molecular weight excluding hydrogens is 230 g/mol. The topological polar surface area (TPSA) is 77.8 Å². The van der Waals surface area contributed by atoms with Crippen LogP contribution in [-0.2, 0) is 0 Å². The average molecular weight is 247 g/mol. The molecule has 0 saturated carbocycles. The maximum Gasteiger partial charge on any atom is 0.314 e. The van der Waals surface area contributed by atoms with Gasteiger partial charge in [-0.2, -0.15) is 0 Å². The van der Waals surface area contributed by atoms with Gasteiger partial charge in [0.1, 0.15) is 0 Å². The van der Waals surface area contributed by atoms with E-state index in [1.165, 1.54) is 0 Å². The summed E-state index contributed by atoms with van der Waals surface area (Å²) < 4.78 is 0. The van der Waals surface area contributed by atoms with E-state index in [0.29, 0.717) is 17.0 Å². The molecule has 0 bridgehead atoms. The van der Waals surface area contributed by atoms with E-state index in [-0.39, 0.29) is 0 Å². The first-order chi connectivity index (χ1) is 8.60. The van der Waals surface area contributed by atoms with Gasteiger partial charge in [-0.3, -0.25) is 9.59 Å². The molecule has 0 spiro atoms. The summed E-state index contributed by atoms with van der Waals surface area (Å²) >= 11 is 0. The van der Waals surface area contributed by atoms with Gasteiger partial charge in [0.15, 0.2) is 0 Å². The largest absolute Gasteiger partial charge is 0.385 e. The summed E-state index contributed by atoms with van der Waals surface area (Å²) in [4.78, 5) is 27.5. The Hall–Kier alpha value is -2.04. The SMILES string of the molecule is CCC(C)CNc1ccc2[nH]c(=O)c(=O)[nH]c2c1. The van der Waals surface area contributed by atoms with Gasteiger partial charge in [-0.15, -0.1) is 0 Å². The van der Waals surface area contributed by atoms with E-state index >= 15 is 0 Å². The van der Waals surface area contributed by atoms with E-state index < -0.39 is 11.1 Å². The van der Waals surface area contributed by atoms with Crippen molar-refractivity contribution < 1.29 is 0 Å². The Bertz CT molecular complexity index is 657. The first-order valence-corrected chi connectivity index (χ1v) is 6.10. The fraction of sp³-hybridized carbons (Fsp3) is 0.385. The van der Waals surface area contributed by atoms with Gasteiger partial charge in [0, 0.05) is 12.2 Å². The Balaban J connectivity index is 2.30. The van der Waals surface area contributed by atoms with Crippen LogP contribution in [0, 0.1) is 5.92 Å². The van der Waals surface area contributed by atoms with Crippen LogP contribution in [-0.4, -0.2) is 16.5 Å². The summed E-state index contributed by atoms with van der Waals surface area (Å²) in [6.07, 6.45) is 1.12. The van der Waals surface area contributed by atoms with Gasteiger partial charge >= 0.3 is 11.1 Å². The number of aromatic amines is 2. The molecule has 3 N–H and O–H groups in total. The minimum absolute atomic E-state index is 0.593. The molecule has 1 unspecified atom stereocenters. The van der Waals surface area contributed by atoms with Gasteiger partial charge in [-0.25, -0.2) is 0 Å². The van der Waals surface area contributed by atoms with E-state index in [2.05, 4.69) is 29.1 Å². The number of aromatic nitrogens is 2. The van der Waals surface area contributed by atoms with Crippen molar-refractivity contribution in [2.45, 2.75) is 20.3 Å². The smallest absolute Gasteiger partial charge is 0.314 e. The van der Waals surface area contributed by atoms with Gasteiger partial charge in [0.25, 0.3) is 0 Å². The van der Waals surface area contributed by atoms with Crippen molar-refractivity contribution in [1.82, 2.24) is 9.97 Å². The van der Waals surface area contributed by atoms with Gasteiger partial charge in [0.2, 0.25) is 0 Å². The highest BCUT2D eigenvalue weighted by molar-refractivity contribution is 5.78. The molecule has 2 rings (SSSR count). The highest BCUT2D eigenvalue weighted by Crippen LogP contribution is 2.14. The number of rotatable bonds is 4. The monoisotopic (exact) mass is 247 g/mol. The molecule has 5 nitrogen and oxygen atoms in total. The molecule has 0 aliphatic heterocycles. The van der Waals surface area contributed by atoms with Crippen molar-refractivity contribution in [2.75, 3.05) is 11.9 Å². The summed E-state index contributed by atoms with van der Waals surface area (Å²) in [6, 6.07) is 5.50. The Kier molecular flexibility index (Phi) is 3.50. The van der Waals surface area contributed by atoms with Crippen molar-refractivity contribution in [3.8, 4) is 0 Å². The molecule has 1 heterocycles. The first-order valence-electron chi connectivity index (χ1n) is 6.10. The Morgan fingerprint density at radius 3 is 2.50 bits per heavy atom. The average Bonchev–Trinajstić information content (AvgIpc) is 2.37. The molecule has 96 valence electrons. The third-order valence-corrected chi connectivity index (χ3v) is 3.07. The van der Waals surface area contributed by atoms with E-state index in [9.17, 15) is 9.59 Å². The summed E-state index contributed by atoms with van der Waals surface area (Å²) in [5.74, 6) is 0.593. The lowest BCUT2D eigenvalue weighted by molar-refractivity contribution is 0.593. The van der Waals surface area contributed by atoms with E-state index in [4.69, 9.17) is 0 Å². The maximum absolute atomic E-state index is 11.2. The Labute approximate surface area is 104 Å². The molecule has 0 fully saturated rings. The van der Waals surface area contributed by atoms with Gasteiger partial charge in [-0.1, -0.05) is 20.3 Å². The van der Waals surface area contributed by atoms with E-state index in [0.717, 1.165) is 18.7 Å². The van der Waals surface area contributed by atoms with Crippen molar-refractivity contribution in [3.05, 3.63) is 38.9 Å². The molecule has 0 amide bonds. The summed E-state index contributed by atoms with van der Waals surface area (Å²) in [5, 5.41) is 3.31. The van der Waals surface area contributed by atoms with Crippen LogP contribution in [0.4, 0.5) is 5.69 Å². The second-order valence-corrected chi connectivity index (χ2v) is 4.56. The highest BCUT2D eigenvalue weighted by Gasteiger charge is 2.02. The number of anilines is 1. The molecule has 1 atom stereocenters. The van der Waals surface area contributed by atoms with Crippen molar-refractivity contribution >= 4 is 16.7 Å². The number of hydrogen-bond acceptors (Lipinski definition) is 3. The molecule has 0 radical (unpaired) electrons. The summed E-state index contributed by atoms with van der Waals surface area (Å²) in [6.45, 7) is 5.21. The third kappa shape index (κ3) is 2.61. The molecule has 0 aliphatic carbocycles. The zero-order valence-corrected chi connectivity index (χ0v) is 10.5. The number of H-pyrrole nitrogens is 2. The second kappa shape index (κ2) is 5.08. The number of fused-ring (bicyclic) bond motifs is 1. The fourth-order valence-corrected chi connectivity index (χ4v) is 1.66. The molecule has 0 aliphatic rings. The van der Waals surface area contributed by atoms with Crippen LogP contribution in [0.1, 0.15) is 20.3 Å². The quantitative estimate of drug-likeness (QED) is 0.719. The summed E-state index contributed by atoms with van der Waals surface area (Å²) in [7, 11) is 0. The van der Waals surface area contributed by atoms with Crippen molar-refractivity contribution in [1.29, 1.82) is 0 Å². The highest BCUT2D eigenvalue weighted by atomic mass is 16.2. The van der Waals surface area contributed by atoms with E-state index in [1.807, 2.05) is 12.1 Å². The standard InChI is InChI=1S/C13H17N3O2/c1-3-8(2)7-14-9-4-5-10-11(6-9)16-13(18)12(17)15-10/h4-6,8,14H,3,7H2,1-2H3,(H,15,17)(H,16,18). The van der Waals surface area contributed by atoms with E-state index in [1.54, 1.807) is 6.07 Å². The lowest BCUT2D eigenvalue weighted by Crippen LogP contribution is -2.28. The lowest BCUT2D eigenvalue weighted by atomic mass is 10.1. The van der Waals surface area contributed by atoms with Crippen molar-refractivity contribution in [2.24, 2.45) is 5.92 Å². The lowest BCUT2D eigenvalue weighted by Gasteiger charge is -2.11. The minimum atomic E-state index is -0.624. The molecule has 1 aromatic carbocycles. The van der Waals surface area contributed by atoms with Gasteiger partial charge in [-0.05, 0) is 24.1 Å². The number of hydrogen-bond donors (Lipinski definition) is 3. The fourth-order valence-electron chi connectivity index (χ4n) is 1.66. The third-order valence-electron chi connectivity index (χ3n) is 3.07. The molecule has 0 saturated heterocycles. The van der Waals surface area contributed by atoms with Crippen LogP contribution in [0.3, 0.4) is 0 Å². The minimum Gasteiger partial charge on any atom is -0.385 e. The predicted molar refractivity (Wildman–Crippen MR) is 73.1 cm³/mol. The van der Waals surface area contributed by atoms with Gasteiger partial charge < -0.3 is 15.3 Å². The van der Waals surface area contributed by atoms with Crippen LogP contribution in [0.5, 0.6) is 0 Å². The molecule has 5 heteroatoms. The normalized spacial score (nSPS) is 12.6. The number of benzene rings is 1. The Morgan fingerprint density at radius 1 is 1.17 bits per heavy atom. The first kappa shape index (κ1) is 12.4. The second-order valence-electron chi connectivity index (χ2n) is 4.56. The summed E-state index contributed by atoms with van der Waals surface area (Å²) in [5.41, 5.74) is 0.956. The molecular formula is C13H17N3O2. The van der Waals surface area contributed by atoms with Crippen LogP contribution in [0.2, 0.25) is 0 Å².